The van der Waals surface area contributed by atoms with Gasteiger partial charge < -0.3 is 5.32 Å². The van der Waals surface area contributed by atoms with Crippen molar-refractivity contribution in [1.82, 2.24) is 5.32 Å². The Morgan fingerprint density at radius 1 is 1.39 bits per heavy atom. The lowest BCUT2D eigenvalue weighted by molar-refractivity contribution is 0.0956. The molecule has 5 nitrogen and oxygen atoms in total. The second kappa shape index (κ2) is 6.06. The van der Waals surface area contributed by atoms with Crippen molar-refractivity contribution in [3.05, 3.63) is 29.3 Å². The molecule has 7 heteroatoms. The third-order valence-corrected chi connectivity index (χ3v) is 3.93. The van der Waals surface area contributed by atoms with Gasteiger partial charge in [0.15, 0.2) is 0 Å². The van der Waals surface area contributed by atoms with Crippen LogP contribution in [0.1, 0.15) is 22.8 Å². The molecular formula is C11H15ClN2O3S. The highest BCUT2D eigenvalue weighted by atomic mass is 35.5. The van der Waals surface area contributed by atoms with Gasteiger partial charge in [0.2, 0.25) is 10.0 Å². The van der Waals surface area contributed by atoms with Gasteiger partial charge in [0, 0.05) is 12.1 Å². The van der Waals surface area contributed by atoms with Gasteiger partial charge in [-0.3, -0.25) is 9.52 Å². The summed E-state index contributed by atoms with van der Waals surface area (Å²) in [6.45, 7) is 4.06. The fourth-order valence-electron chi connectivity index (χ4n) is 1.33. The Bertz CT molecular complexity index is 543. The molecule has 1 aromatic rings. The van der Waals surface area contributed by atoms with E-state index in [2.05, 4.69) is 10.0 Å². The molecule has 100 valence electrons. The van der Waals surface area contributed by atoms with Crippen LogP contribution in [0.25, 0.3) is 0 Å². The SMILES string of the molecule is CCNC(=O)c1ccc(C)c(NS(=O)(=O)CCl)c1. The number of rotatable bonds is 5. The van der Waals surface area contributed by atoms with Gasteiger partial charge in [0.1, 0.15) is 5.21 Å². The van der Waals surface area contributed by atoms with Crippen LogP contribution in [0.3, 0.4) is 0 Å². The maximum Gasteiger partial charge on any atom is 0.251 e. The van der Waals surface area contributed by atoms with Gasteiger partial charge >= 0.3 is 0 Å². The number of benzene rings is 1. The first kappa shape index (κ1) is 14.8. The van der Waals surface area contributed by atoms with E-state index in [0.29, 0.717) is 17.8 Å². The summed E-state index contributed by atoms with van der Waals surface area (Å²) in [6.07, 6.45) is 0. The largest absolute Gasteiger partial charge is 0.352 e. The van der Waals surface area contributed by atoms with Crippen LogP contribution in [-0.2, 0) is 10.0 Å². The minimum atomic E-state index is -3.57. The lowest BCUT2D eigenvalue weighted by atomic mass is 10.1. The summed E-state index contributed by atoms with van der Waals surface area (Å²) in [5.41, 5.74) is 1.48. The van der Waals surface area contributed by atoms with Crippen molar-refractivity contribution >= 4 is 33.2 Å². The van der Waals surface area contributed by atoms with Crippen LogP contribution in [0.15, 0.2) is 18.2 Å². The van der Waals surface area contributed by atoms with E-state index in [0.717, 1.165) is 5.56 Å². The lowest BCUT2D eigenvalue weighted by Crippen LogP contribution is -2.23. The van der Waals surface area contributed by atoms with Crippen molar-refractivity contribution in [2.24, 2.45) is 0 Å². The number of carbonyl (C=O) groups excluding carboxylic acids is 1. The van der Waals surface area contributed by atoms with Crippen molar-refractivity contribution in [2.45, 2.75) is 13.8 Å². The number of halogens is 1. The summed E-state index contributed by atoms with van der Waals surface area (Å²) in [7, 11) is -3.57. The average Bonchev–Trinajstić information content (AvgIpc) is 2.32. The Kier molecular flexibility index (Phi) is 4.98. The van der Waals surface area contributed by atoms with Gasteiger partial charge in [-0.2, -0.15) is 0 Å². The first-order valence-electron chi connectivity index (χ1n) is 5.35. The molecule has 0 fully saturated rings. The van der Waals surface area contributed by atoms with Crippen molar-refractivity contribution < 1.29 is 13.2 Å². The molecule has 0 heterocycles. The highest BCUT2D eigenvalue weighted by Crippen LogP contribution is 2.18. The molecule has 0 saturated carbocycles. The second-order valence-electron chi connectivity index (χ2n) is 3.72. The normalized spacial score (nSPS) is 11.1. The van der Waals surface area contributed by atoms with Crippen LogP contribution < -0.4 is 10.0 Å². The van der Waals surface area contributed by atoms with Gasteiger partial charge in [-0.25, -0.2) is 8.42 Å². The first-order valence-corrected chi connectivity index (χ1v) is 7.53. The molecule has 0 unspecified atom stereocenters. The van der Waals surface area contributed by atoms with Crippen LogP contribution >= 0.6 is 11.6 Å². The standard InChI is InChI=1S/C11H15ClN2O3S/c1-3-13-11(15)9-5-4-8(2)10(6-9)14-18(16,17)7-12/h4-6,14H,3,7H2,1-2H3,(H,13,15). The van der Waals surface area contributed by atoms with Gasteiger partial charge in [-0.05, 0) is 31.5 Å². The number of alkyl halides is 1. The molecule has 0 aliphatic heterocycles. The Balaban J connectivity index is 3.06. The zero-order valence-electron chi connectivity index (χ0n) is 10.2. The molecule has 0 spiro atoms. The number of anilines is 1. The maximum atomic E-state index is 11.6. The van der Waals surface area contributed by atoms with Gasteiger partial charge in [0.05, 0.1) is 5.69 Å². The summed E-state index contributed by atoms with van der Waals surface area (Å²) in [5, 5.41) is 2.11. The van der Waals surface area contributed by atoms with E-state index >= 15 is 0 Å². The predicted molar refractivity (Wildman–Crippen MR) is 72.4 cm³/mol. The summed E-state index contributed by atoms with van der Waals surface area (Å²) in [6, 6.07) is 4.81. The van der Waals surface area contributed by atoms with E-state index in [1.807, 2.05) is 6.92 Å². The molecule has 18 heavy (non-hydrogen) atoms. The van der Waals surface area contributed by atoms with Crippen molar-refractivity contribution in [3.63, 3.8) is 0 Å². The molecule has 1 aromatic carbocycles. The monoisotopic (exact) mass is 290 g/mol. The molecule has 1 rings (SSSR count). The summed E-state index contributed by atoms with van der Waals surface area (Å²) < 4.78 is 25.1. The number of aryl methyl sites for hydroxylation is 1. The van der Waals surface area contributed by atoms with Crippen LogP contribution in [-0.4, -0.2) is 26.1 Å². The van der Waals surface area contributed by atoms with E-state index in [-0.39, 0.29) is 5.91 Å². The molecule has 0 bridgehead atoms. The number of nitrogens with one attached hydrogen (secondary N) is 2. The summed E-state index contributed by atoms with van der Waals surface area (Å²) >= 11 is 5.32. The first-order chi connectivity index (χ1) is 8.39. The average molecular weight is 291 g/mol. The zero-order chi connectivity index (χ0) is 13.8. The van der Waals surface area contributed by atoms with Crippen LogP contribution in [0, 0.1) is 6.92 Å². The van der Waals surface area contributed by atoms with Gasteiger partial charge in [-0.15, -0.1) is 11.6 Å². The van der Waals surface area contributed by atoms with Crippen LogP contribution in [0.4, 0.5) is 5.69 Å². The third kappa shape index (κ3) is 3.89. The number of hydrogen-bond donors (Lipinski definition) is 2. The molecule has 0 atom stereocenters. The lowest BCUT2D eigenvalue weighted by Gasteiger charge is -2.10. The van der Waals surface area contributed by atoms with Crippen LogP contribution in [0.2, 0.25) is 0 Å². The second-order valence-corrected chi connectivity index (χ2v) is 6.02. The number of amides is 1. The summed E-state index contributed by atoms with van der Waals surface area (Å²) in [5.74, 6) is -0.246. The van der Waals surface area contributed by atoms with Crippen molar-refractivity contribution in [2.75, 3.05) is 16.5 Å². The molecule has 2 N–H and O–H groups in total. The van der Waals surface area contributed by atoms with E-state index in [4.69, 9.17) is 11.6 Å². The minimum absolute atomic E-state index is 0.246. The van der Waals surface area contributed by atoms with Crippen molar-refractivity contribution in [1.29, 1.82) is 0 Å². The predicted octanol–water partition coefficient (Wildman–Crippen LogP) is 1.68. The van der Waals surface area contributed by atoms with Gasteiger partial charge in [0.25, 0.3) is 5.91 Å². The number of sulfonamides is 1. The molecular weight excluding hydrogens is 276 g/mol. The highest BCUT2D eigenvalue weighted by Gasteiger charge is 2.12. The van der Waals surface area contributed by atoms with Gasteiger partial charge in [-0.1, -0.05) is 6.07 Å². The zero-order valence-corrected chi connectivity index (χ0v) is 11.7. The Hall–Kier alpha value is -1.27. The Labute approximate surface area is 112 Å². The molecule has 0 aromatic heterocycles. The van der Waals surface area contributed by atoms with E-state index in [1.54, 1.807) is 19.1 Å². The fraction of sp³-hybridized carbons (Fsp3) is 0.364. The molecule has 1 amide bonds. The van der Waals surface area contributed by atoms with E-state index in [1.165, 1.54) is 6.07 Å². The third-order valence-electron chi connectivity index (χ3n) is 2.25. The topological polar surface area (TPSA) is 75.3 Å². The number of carbonyl (C=O) groups is 1. The molecule has 0 aliphatic rings. The summed E-state index contributed by atoms with van der Waals surface area (Å²) in [4.78, 5) is 11.6. The Morgan fingerprint density at radius 2 is 2.06 bits per heavy atom. The van der Waals surface area contributed by atoms with Crippen molar-refractivity contribution in [3.8, 4) is 0 Å². The molecule has 0 saturated heterocycles. The fourth-order valence-corrected chi connectivity index (χ4v) is 2.10. The maximum absolute atomic E-state index is 11.6. The van der Waals surface area contributed by atoms with E-state index < -0.39 is 15.2 Å². The quantitative estimate of drug-likeness (QED) is 0.810. The molecule has 0 radical (unpaired) electrons. The minimum Gasteiger partial charge on any atom is -0.352 e. The Morgan fingerprint density at radius 3 is 2.61 bits per heavy atom. The smallest absolute Gasteiger partial charge is 0.251 e. The van der Waals surface area contributed by atoms with Crippen LogP contribution in [0.5, 0.6) is 0 Å². The highest BCUT2D eigenvalue weighted by molar-refractivity contribution is 7.93. The number of hydrogen-bond acceptors (Lipinski definition) is 3. The van der Waals surface area contributed by atoms with E-state index in [9.17, 15) is 13.2 Å². The molecule has 0 aliphatic carbocycles.